The van der Waals surface area contributed by atoms with Crippen LogP contribution in [-0.4, -0.2) is 60.5 Å². The Bertz CT molecular complexity index is 735. The second kappa shape index (κ2) is 10.1. The summed E-state index contributed by atoms with van der Waals surface area (Å²) in [6.07, 6.45) is -3.47. The average molecular weight is 550 g/mol. The molecule has 9 heteroatoms. The van der Waals surface area contributed by atoms with Crippen LogP contribution in [0, 0.1) is 0 Å². The third-order valence-corrected chi connectivity index (χ3v) is 11.3. The first-order chi connectivity index (χ1) is 13.8. The Labute approximate surface area is 192 Å². The predicted octanol–water partition coefficient (Wildman–Crippen LogP) is 3.69. The molecule has 1 saturated heterocycles. The van der Waals surface area contributed by atoms with Crippen molar-refractivity contribution >= 4 is 42.8 Å². The molecule has 30 heavy (non-hydrogen) atoms. The number of esters is 2. The average Bonchev–Trinajstić information content (AvgIpc) is 2.65. The molecular formula is C21H31IO7Si. The SMILES string of the molecule is CC(=O)OC[C@H]1OC(O)[C@H](I)[C@@H](O[Si](C)(C)C(C)(C)C)[C@@H]1OC(=O)c1ccccc1. The lowest BCUT2D eigenvalue weighted by Gasteiger charge is -2.47. The first-order valence-corrected chi connectivity index (χ1v) is 14.0. The molecule has 0 saturated carbocycles. The zero-order chi connectivity index (χ0) is 22.7. The van der Waals surface area contributed by atoms with E-state index in [-0.39, 0.29) is 11.6 Å². The Kier molecular flexibility index (Phi) is 8.48. The van der Waals surface area contributed by atoms with Crippen LogP contribution in [0.2, 0.25) is 18.1 Å². The van der Waals surface area contributed by atoms with Gasteiger partial charge in [0.1, 0.15) is 18.8 Å². The fourth-order valence-corrected chi connectivity index (χ4v) is 5.10. The van der Waals surface area contributed by atoms with E-state index >= 15 is 0 Å². The minimum atomic E-state index is -2.28. The highest BCUT2D eigenvalue weighted by molar-refractivity contribution is 14.1. The monoisotopic (exact) mass is 550 g/mol. The number of benzene rings is 1. The summed E-state index contributed by atoms with van der Waals surface area (Å²) < 4.78 is 22.7. The van der Waals surface area contributed by atoms with Crippen LogP contribution in [0.15, 0.2) is 30.3 Å². The van der Waals surface area contributed by atoms with Crippen molar-refractivity contribution in [1.82, 2.24) is 0 Å². The molecule has 1 fully saturated rings. The lowest BCUT2D eigenvalue weighted by atomic mass is 10.0. The van der Waals surface area contributed by atoms with Crippen molar-refractivity contribution in [2.75, 3.05) is 6.61 Å². The second-order valence-electron chi connectivity index (χ2n) is 8.89. The lowest BCUT2D eigenvalue weighted by molar-refractivity contribution is -0.232. The molecule has 1 N–H and O–H groups in total. The standard InChI is InChI=1S/C21H31IO7Si/c1-13(23)26-12-15-17(28-19(24)14-10-8-7-9-11-14)18(16(22)20(25)27-15)29-30(5,6)21(2,3)4/h7-11,15-18,20,25H,12H2,1-6H3/t15-,16-,17-,18-,20?/m1/s1. The molecule has 5 atom stereocenters. The molecule has 1 aromatic rings. The Morgan fingerprint density at radius 1 is 1.17 bits per heavy atom. The molecule has 1 aromatic carbocycles. The quantitative estimate of drug-likeness (QED) is 0.250. The number of carbonyl (C=O) groups is 2. The van der Waals surface area contributed by atoms with E-state index in [1.807, 2.05) is 6.07 Å². The van der Waals surface area contributed by atoms with Gasteiger partial charge in [0.2, 0.25) is 0 Å². The number of ether oxygens (including phenoxy) is 3. The van der Waals surface area contributed by atoms with Crippen molar-refractivity contribution in [3.05, 3.63) is 35.9 Å². The third kappa shape index (κ3) is 6.25. The van der Waals surface area contributed by atoms with Gasteiger partial charge in [0.15, 0.2) is 20.7 Å². The van der Waals surface area contributed by atoms with Crippen LogP contribution in [0.5, 0.6) is 0 Å². The summed E-state index contributed by atoms with van der Waals surface area (Å²) in [6.45, 7) is 11.6. The number of halogens is 1. The van der Waals surface area contributed by atoms with Crippen LogP contribution >= 0.6 is 22.6 Å². The first kappa shape index (κ1) is 25.2. The Morgan fingerprint density at radius 2 is 1.77 bits per heavy atom. The van der Waals surface area contributed by atoms with Crippen LogP contribution < -0.4 is 0 Å². The summed E-state index contributed by atoms with van der Waals surface area (Å²) in [5.74, 6) is -1.01. The number of alkyl halides is 1. The Morgan fingerprint density at radius 3 is 2.30 bits per heavy atom. The topological polar surface area (TPSA) is 91.3 Å². The van der Waals surface area contributed by atoms with Crippen molar-refractivity contribution in [2.24, 2.45) is 0 Å². The van der Waals surface area contributed by atoms with E-state index in [2.05, 4.69) is 56.5 Å². The highest BCUT2D eigenvalue weighted by Gasteiger charge is 2.51. The van der Waals surface area contributed by atoms with Crippen molar-refractivity contribution in [2.45, 2.75) is 74.4 Å². The molecule has 7 nitrogen and oxygen atoms in total. The molecular weight excluding hydrogens is 519 g/mol. The summed E-state index contributed by atoms with van der Waals surface area (Å²) in [4.78, 5) is 24.1. The molecule has 1 unspecified atom stereocenters. The maximum atomic E-state index is 12.8. The number of hydrogen-bond acceptors (Lipinski definition) is 7. The van der Waals surface area contributed by atoms with E-state index in [0.29, 0.717) is 5.56 Å². The maximum Gasteiger partial charge on any atom is 0.338 e. The van der Waals surface area contributed by atoms with Gasteiger partial charge in [-0.05, 0) is 30.3 Å². The van der Waals surface area contributed by atoms with Crippen molar-refractivity contribution in [1.29, 1.82) is 0 Å². The van der Waals surface area contributed by atoms with Crippen LogP contribution in [0.3, 0.4) is 0 Å². The van der Waals surface area contributed by atoms with Gasteiger partial charge in [0.05, 0.1) is 9.49 Å². The van der Waals surface area contributed by atoms with Gasteiger partial charge in [0, 0.05) is 6.92 Å². The molecule has 168 valence electrons. The van der Waals surface area contributed by atoms with E-state index in [1.54, 1.807) is 24.3 Å². The van der Waals surface area contributed by atoms with E-state index < -0.39 is 48.8 Å². The van der Waals surface area contributed by atoms with Crippen LogP contribution in [-0.2, 0) is 23.4 Å². The van der Waals surface area contributed by atoms with Gasteiger partial charge in [-0.15, -0.1) is 0 Å². The number of rotatable bonds is 6. The summed E-state index contributed by atoms with van der Waals surface area (Å²) in [6, 6.07) is 8.63. The molecule has 2 rings (SSSR count). The van der Waals surface area contributed by atoms with Crippen LogP contribution in [0.1, 0.15) is 38.1 Å². The molecule has 0 spiro atoms. The molecule has 0 amide bonds. The summed E-state index contributed by atoms with van der Waals surface area (Å²) in [5, 5.41) is 10.4. The van der Waals surface area contributed by atoms with Crippen molar-refractivity contribution in [3.8, 4) is 0 Å². The fourth-order valence-electron chi connectivity index (χ4n) is 2.78. The zero-order valence-corrected chi connectivity index (χ0v) is 21.4. The largest absolute Gasteiger partial charge is 0.463 e. The van der Waals surface area contributed by atoms with Gasteiger partial charge in [-0.3, -0.25) is 4.79 Å². The summed E-state index contributed by atoms with van der Waals surface area (Å²) >= 11 is 2.06. The number of hydrogen-bond donors (Lipinski definition) is 1. The maximum absolute atomic E-state index is 12.8. The van der Waals surface area contributed by atoms with Crippen molar-refractivity contribution in [3.63, 3.8) is 0 Å². The van der Waals surface area contributed by atoms with Crippen molar-refractivity contribution < 1.29 is 33.3 Å². The minimum Gasteiger partial charge on any atom is -0.463 e. The Hall–Kier alpha value is -1.01. The van der Waals surface area contributed by atoms with E-state index in [1.165, 1.54) is 6.92 Å². The molecule has 1 aliphatic rings. The summed E-state index contributed by atoms with van der Waals surface area (Å²) in [7, 11) is -2.28. The van der Waals surface area contributed by atoms with Gasteiger partial charge in [-0.25, -0.2) is 4.79 Å². The summed E-state index contributed by atoms with van der Waals surface area (Å²) in [5.41, 5.74) is 0.394. The molecule has 0 aromatic heterocycles. The normalized spacial score (nSPS) is 27.4. The molecule has 0 aliphatic carbocycles. The van der Waals surface area contributed by atoms with Gasteiger partial charge in [0.25, 0.3) is 0 Å². The Balaban J connectivity index is 2.36. The predicted molar refractivity (Wildman–Crippen MR) is 123 cm³/mol. The lowest BCUT2D eigenvalue weighted by Crippen LogP contribution is -2.62. The fraction of sp³-hybridized carbons (Fsp3) is 0.619. The molecule has 0 bridgehead atoms. The molecule has 0 radical (unpaired) electrons. The van der Waals surface area contributed by atoms with Crippen LogP contribution in [0.4, 0.5) is 0 Å². The first-order valence-electron chi connectivity index (χ1n) is 9.88. The minimum absolute atomic E-state index is 0.0913. The highest BCUT2D eigenvalue weighted by Crippen LogP contribution is 2.41. The smallest absolute Gasteiger partial charge is 0.338 e. The van der Waals surface area contributed by atoms with E-state index in [9.17, 15) is 14.7 Å². The van der Waals surface area contributed by atoms with Gasteiger partial charge < -0.3 is 23.7 Å². The number of carbonyl (C=O) groups excluding carboxylic acids is 2. The van der Waals surface area contributed by atoms with E-state index in [0.717, 1.165) is 0 Å². The van der Waals surface area contributed by atoms with Gasteiger partial charge >= 0.3 is 11.9 Å². The van der Waals surface area contributed by atoms with E-state index in [4.69, 9.17) is 18.6 Å². The second-order valence-corrected chi connectivity index (χ2v) is 15.1. The van der Waals surface area contributed by atoms with Gasteiger partial charge in [-0.2, -0.15) is 0 Å². The third-order valence-electron chi connectivity index (χ3n) is 5.53. The number of aliphatic hydroxyl groups is 1. The van der Waals surface area contributed by atoms with Gasteiger partial charge in [-0.1, -0.05) is 61.6 Å². The molecule has 1 heterocycles. The molecule has 1 aliphatic heterocycles. The highest BCUT2D eigenvalue weighted by atomic mass is 127. The van der Waals surface area contributed by atoms with Crippen LogP contribution in [0.25, 0.3) is 0 Å². The number of aliphatic hydroxyl groups excluding tert-OH is 1. The zero-order valence-electron chi connectivity index (χ0n) is 18.3.